The van der Waals surface area contributed by atoms with Gasteiger partial charge in [-0.2, -0.15) is 0 Å². The standard InChI is InChI=1S/C18H12ClF2NO4/c1-24-10-4-3-9(16(6-10)25-2)5-15-18(23)26-17(22-15)11-7-13(20)14(21)8-12(11)19/h3-8H,1-2H3/b15-5-. The Morgan fingerprint density at radius 2 is 1.85 bits per heavy atom. The summed E-state index contributed by atoms with van der Waals surface area (Å²) in [6, 6.07) is 6.61. The highest BCUT2D eigenvalue weighted by Gasteiger charge is 2.27. The SMILES string of the molecule is COc1ccc(/C=C2\N=C(c3cc(F)c(F)cc3Cl)OC2=O)c(OC)c1. The number of ether oxygens (including phenoxy) is 3. The molecule has 0 amide bonds. The number of rotatable bonds is 4. The minimum Gasteiger partial charge on any atom is -0.497 e. The summed E-state index contributed by atoms with van der Waals surface area (Å²) < 4.78 is 42.0. The first-order valence-corrected chi connectivity index (χ1v) is 7.70. The largest absolute Gasteiger partial charge is 0.497 e. The Morgan fingerprint density at radius 3 is 2.54 bits per heavy atom. The number of halogens is 3. The second kappa shape index (κ2) is 7.13. The molecule has 0 bridgehead atoms. The van der Waals surface area contributed by atoms with E-state index in [2.05, 4.69) is 4.99 Å². The molecule has 0 aliphatic carbocycles. The molecule has 0 spiro atoms. The van der Waals surface area contributed by atoms with Crippen molar-refractivity contribution >= 4 is 29.5 Å². The van der Waals surface area contributed by atoms with Gasteiger partial charge in [0.05, 0.1) is 24.8 Å². The van der Waals surface area contributed by atoms with Gasteiger partial charge >= 0.3 is 5.97 Å². The van der Waals surface area contributed by atoms with Crippen LogP contribution >= 0.6 is 11.6 Å². The number of hydrogen-bond acceptors (Lipinski definition) is 5. The number of aliphatic imine (C=N–C) groups is 1. The van der Waals surface area contributed by atoms with Crippen molar-refractivity contribution in [2.24, 2.45) is 4.99 Å². The van der Waals surface area contributed by atoms with Crippen LogP contribution in [0.1, 0.15) is 11.1 Å². The number of nitrogens with zero attached hydrogens (tertiary/aromatic N) is 1. The third-order valence-corrected chi connectivity index (χ3v) is 3.91. The summed E-state index contributed by atoms with van der Waals surface area (Å²) in [7, 11) is 2.99. The Bertz CT molecular complexity index is 956. The number of cyclic esters (lactones) is 1. The molecule has 5 nitrogen and oxygen atoms in total. The second-order valence-corrected chi connectivity index (χ2v) is 5.60. The zero-order valence-electron chi connectivity index (χ0n) is 13.7. The lowest BCUT2D eigenvalue weighted by molar-refractivity contribution is -0.129. The number of methoxy groups -OCH3 is 2. The van der Waals surface area contributed by atoms with Gasteiger partial charge < -0.3 is 14.2 Å². The average molecular weight is 380 g/mol. The zero-order chi connectivity index (χ0) is 18.8. The maximum Gasteiger partial charge on any atom is 0.363 e. The van der Waals surface area contributed by atoms with E-state index in [-0.39, 0.29) is 22.2 Å². The molecular formula is C18H12ClF2NO4. The predicted octanol–water partition coefficient (Wildman–Crippen LogP) is 3.98. The fourth-order valence-electron chi connectivity index (χ4n) is 2.30. The molecule has 2 aromatic rings. The van der Waals surface area contributed by atoms with E-state index >= 15 is 0 Å². The molecule has 26 heavy (non-hydrogen) atoms. The quantitative estimate of drug-likeness (QED) is 0.458. The van der Waals surface area contributed by atoms with E-state index in [4.69, 9.17) is 25.8 Å². The van der Waals surface area contributed by atoms with Crippen LogP contribution in [0.4, 0.5) is 8.78 Å². The van der Waals surface area contributed by atoms with Gasteiger partial charge in [-0.1, -0.05) is 11.6 Å². The number of benzene rings is 2. The van der Waals surface area contributed by atoms with Crippen LogP contribution < -0.4 is 9.47 Å². The van der Waals surface area contributed by atoms with Gasteiger partial charge in [-0.3, -0.25) is 0 Å². The molecule has 0 unspecified atom stereocenters. The summed E-state index contributed by atoms with van der Waals surface area (Å²) in [5.74, 6) is -2.16. The second-order valence-electron chi connectivity index (χ2n) is 5.19. The molecule has 0 radical (unpaired) electrons. The van der Waals surface area contributed by atoms with E-state index in [0.717, 1.165) is 12.1 Å². The van der Waals surface area contributed by atoms with Gasteiger partial charge in [-0.15, -0.1) is 0 Å². The van der Waals surface area contributed by atoms with Crippen LogP contribution in [-0.2, 0) is 9.53 Å². The Morgan fingerprint density at radius 1 is 1.12 bits per heavy atom. The molecule has 134 valence electrons. The Hall–Kier alpha value is -2.93. The molecule has 3 rings (SSSR count). The van der Waals surface area contributed by atoms with Gasteiger partial charge in [-0.25, -0.2) is 18.6 Å². The number of esters is 1. The van der Waals surface area contributed by atoms with Gasteiger partial charge in [0, 0.05) is 11.6 Å². The van der Waals surface area contributed by atoms with Crippen LogP contribution in [0.25, 0.3) is 6.08 Å². The first kappa shape index (κ1) is 17.9. The van der Waals surface area contributed by atoms with Gasteiger partial charge in [0.1, 0.15) is 11.5 Å². The van der Waals surface area contributed by atoms with Gasteiger partial charge in [0.15, 0.2) is 17.3 Å². The maximum absolute atomic E-state index is 13.5. The maximum atomic E-state index is 13.5. The highest BCUT2D eigenvalue weighted by molar-refractivity contribution is 6.34. The topological polar surface area (TPSA) is 57.1 Å². The zero-order valence-corrected chi connectivity index (χ0v) is 14.4. The molecule has 2 aromatic carbocycles. The normalized spacial score (nSPS) is 15.0. The van der Waals surface area contributed by atoms with Gasteiger partial charge in [0.25, 0.3) is 0 Å². The first-order chi connectivity index (χ1) is 12.4. The number of carbonyl (C=O) groups is 1. The van der Waals surface area contributed by atoms with Crippen molar-refractivity contribution in [3.63, 3.8) is 0 Å². The van der Waals surface area contributed by atoms with Crippen molar-refractivity contribution in [3.05, 3.63) is 63.8 Å². The van der Waals surface area contributed by atoms with Crippen molar-refractivity contribution in [1.29, 1.82) is 0 Å². The van der Waals surface area contributed by atoms with Crippen LogP contribution in [0.3, 0.4) is 0 Å². The predicted molar refractivity (Wildman–Crippen MR) is 91.5 cm³/mol. The Kier molecular flexibility index (Phi) is 4.90. The van der Waals surface area contributed by atoms with E-state index in [1.54, 1.807) is 18.2 Å². The van der Waals surface area contributed by atoms with E-state index in [1.807, 2.05) is 0 Å². The molecule has 0 atom stereocenters. The monoisotopic (exact) mass is 379 g/mol. The molecule has 0 N–H and O–H groups in total. The number of carbonyl (C=O) groups excluding carboxylic acids is 1. The van der Waals surface area contributed by atoms with Crippen LogP contribution in [0, 0.1) is 11.6 Å². The highest BCUT2D eigenvalue weighted by Crippen LogP contribution is 2.29. The third-order valence-electron chi connectivity index (χ3n) is 3.59. The van der Waals surface area contributed by atoms with Crippen LogP contribution in [-0.4, -0.2) is 26.1 Å². The lowest BCUT2D eigenvalue weighted by Gasteiger charge is -2.07. The Balaban J connectivity index is 2.01. The summed E-state index contributed by atoms with van der Waals surface area (Å²) in [6.45, 7) is 0. The van der Waals surface area contributed by atoms with Gasteiger partial charge in [0.2, 0.25) is 5.90 Å². The molecule has 1 aliphatic rings. The van der Waals surface area contributed by atoms with E-state index < -0.39 is 17.6 Å². The molecule has 8 heteroatoms. The van der Waals surface area contributed by atoms with Crippen molar-refractivity contribution in [2.75, 3.05) is 14.2 Å². The van der Waals surface area contributed by atoms with Crippen molar-refractivity contribution in [1.82, 2.24) is 0 Å². The summed E-state index contributed by atoms with van der Waals surface area (Å²) in [5.41, 5.74) is 0.495. The third kappa shape index (κ3) is 3.39. The molecule has 0 saturated heterocycles. The highest BCUT2D eigenvalue weighted by atomic mass is 35.5. The molecular weight excluding hydrogens is 368 g/mol. The summed E-state index contributed by atoms with van der Waals surface area (Å²) in [5, 5.41) is -0.126. The van der Waals surface area contributed by atoms with E-state index in [0.29, 0.717) is 17.1 Å². The van der Waals surface area contributed by atoms with E-state index in [9.17, 15) is 13.6 Å². The summed E-state index contributed by atoms with van der Waals surface area (Å²) in [6.07, 6.45) is 1.45. The minimum atomic E-state index is -1.13. The lowest BCUT2D eigenvalue weighted by atomic mass is 10.1. The van der Waals surface area contributed by atoms with Crippen LogP contribution in [0.5, 0.6) is 11.5 Å². The van der Waals surface area contributed by atoms with Gasteiger partial charge in [-0.05, 0) is 30.3 Å². The molecule has 0 saturated carbocycles. The molecule has 1 heterocycles. The van der Waals surface area contributed by atoms with Crippen molar-refractivity contribution in [2.45, 2.75) is 0 Å². The van der Waals surface area contributed by atoms with E-state index in [1.165, 1.54) is 20.3 Å². The summed E-state index contributed by atoms with van der Waals surface area (Å²) in [4.78, 5) is 16.1. The fourth-order valence-corrected chi connectivity index (χ4v) is 2.53. The molecule has 0 fully saturated rings. The van der Waals surface area contributed by atoms with Crippen LogP contribution in [0.2, 0.25) is 5.02 Å². The minimum absolute atomic E-state index is 0.0241. The average Bonchev–Trinajstić information content (AvgIpc) is 2.98. The van der Waals surface area contributed by atoms with Crippen LogP contribution in [0.15, 0.2) is 41.0 Å². The molecule has 1 aliphatic heterocycles. The number of hydrogen-bond donors (Lipinski definition) is 0. The van der Waals surface area contributed by atoms with Crippen molar-refractivity contribution in [3.8, 4) is 11.5 Å². The lowest BCUT2D eigenvalue weighted by Crippen LogP contribution is -2.07. The Labute approximate surface area is 152 Å². The first-order valence-electron chi connectivity index (χ1n) is 7.32. The molecule has 0 aromatic heterocycles. The summed E-state index contributed by atoms with van der Waals surface area (Å²) >= 11 is 5.89. The van der Waals surface area contributed by atoms with Crippen molar-refractivity contribution < 1.29 is 27.8 Å². The smallest absolute Gasteiger partial charge is 0.363 e. The fraction of sp³-hybridized carbons (Fsp3) is 0.111.